The topological polar surface area (TPSA) is 42.0 Å². The fraction of sp³-hybridized carbons (Fsp3) is 0. The monoisotopic (exact) mass is 406 g/mol. The molecule has 0 spiro atoms. The van der Waals surface area contributed by atoms with Crippen molar-refractivity contribution in [1.29, 1.82) is 0 Å². The molecule has 0 aliphatic carbocycles. The number of rotatable bonds is 2. The molecule has 1 amide bonds. The van der Waals surface area contributed by atoms with E-state index in [1.165, 1.54) is 18.3 Å². The van der Waals surface area contributed by atoms with E-state index in [9.17, 15) is 9.18 Å². The van der Waals surface area contributed by atoms with Crippen LogP contribution in [0.25, 0.3) is 0 Å². The van der Waals surface area contributed by atoms with E-state index in [4.69, 9.17) is 11.6 Å². The van der Waals surface area contributed by atoms with Crippen molar-refractivity contribution in [1.82, 2.24) is 4.98 Å². The van der Waals surface area contributed by atoms with E-state index >= 15 is 0 Å². The first-order chi connectivity index (χ1) is 8.97. The molecule has 0 unspecified atom stereocenters. The second-order valence-corrected chi connectivity index (χ2v) is 5.70. The van der Waals surface area contributed by atoms with Crippen LogP contribution in [-0.4, -0.2) is 10.9 Å². The molecule has 0 aliphatic rings. The maximum atomic E-state index is 13.3. The Bertz CT molecular complexity index is 652. The van der Waals surface area contributed by atoms with Crippen molar-refractivity contribution in [3.8, 4) is 0 Å². The van der Waals surface area contributed by atoms with E-state index in [1.807, 2.05) is 0 Å². The van der Waals surface area contributed by atoms with Gasteiger partial charge in [0.15, 0.2) is 0 Å². The average molecular weight is 408 g/mol. The highest BCUT2D eigenvalue weighted by Crippen LogP contribution is 2.22. The standard InChI is InChI=1S/C12H6Br2ClFN2O/c13-6-3-8(11(15)17-5-6)12(19)18-7-1-2-9(14)10(16)4-7/h1-5H,(H,18,19). The smallest absolute Gasteiger partial charge is 0.258 e. The summed E-state index contributed by atoms with van der Waals surface area (Å²) in [4.78, 5) is 15.8. The molecule has 98 valence electrons. The molecule has 7 heteroatoms. The predicted octanol–water partition coefficient (Wildman–Crippen LogP) is 4.65. The number of nitrogens with one attached hydrogen (secondary N) is 1. The molecule has 0 saturated carbocycles. The van der Waals surface area contributed by atoms with E-state index < -0.39 is 11.7 Å². The highest BCUT2D eigenvalue weighted by Gasteiger charge is 2.13. The lowest BCUT2D eigenvalue weighted by Gasteiger charge is -2.07. The number of nitrogens with zero attached hydrogens (tertiary/aromatic N) is 1. The summed E-state index contributed by atoms with van der Waals surface area (Å²) in [5.41, 5.74) is 0.543. The molecule has 19 heavy (non-hydrogen) atoms. The Hall–Kier alpha value is -0.980. The molecule has 1 aromatic heterocycles. The van der Waals surface area contributed by atoms with Crippen molar-refractivity contribution >= 4 is 55.1 Å². The summed E-state index contributed by atoms with van der Waals surface area (Å²) in [6.07, 6.45) is 1.48. The largest absolute Gasteiger partial charge is 0.322 e. The molecule has 0 saturated heterocycles. The van der Waals surface area contributed by atoms with Crippen molar-refractivity contribution in [2.75, 3.05) is 5.32 Å². The number of aromatic nitrogens is 1. The number of pyridine rings is 1. The maximum absolute atomic E-state index is 13.3. The Balaban J connectivity index is 2.25. The summed E-state index contributed by atoms with van der Waals surface area (Å²) in [5, 5.41) is 2.63. The van der Waals surface area contributed by atoms with Gasteiger partial charge in [-0.05, 0) is 56.1 Å². The van der Waals surface area contributed by atoms with E-state index in [2.05, 4.69) is 42.2 Å². The summed E-state index contributed by atoms with van der Waals surface area (Å²) in [5.74, 6) is -0.920. The predicted molar refractivity (Wildman–Crippen MR) is 79.0 cm³/mol. The highest BCUT2D eigenvalue weighted by molar-refractivity contribution is 9.10. The van der Waals surface area contributed by atoms with Crippen LogP contribution in [0.4, 0.5) is 10.1 Å². The summed E-state index contributed by atoms with van der Waals surface area (Å²) in [7, 11) is 0. The van der Waals surface area contributed by atoms with Gasteiger partial charge in [0.1, 0.15) is 11.0 Å². The zero-order valence-electron chi connectivity index (χ0n) is 9.25. The number of hydrogen-bond acceptors (Lipinski definition) is 2. The van der Waals surface area contributed by atoms with Crippen molar-refractivity contribution in [2.45, 2.75) is 0 Å². The van der Waals surface area contributed by atoms with Crippen LogP contribution >= 0.6 is 43.5 Å². The summed E-state index contributed by atoms with van der Waals surface area (Å²) in [6, 6.07) is 5.83. The number of carbonyl (C=O) groups is 1. The van der Waals surface area contributed by atoms with E-state index in [0.717, 1.165) is 0 Å². The molecular weight excluding hydrogens is 402 g/mol. The van der Waals surface area contributed by atoms with Gasteiger partial charge in [-0.15, -0.1) is 0 Å². The molecule has 0 radical (unpaired) electrons. The van der Waals surface area contributed by atoms with Gasteiger partial charge < -0.3 is 5.32 Å². The molecule has 1 N–H and O–H groups in total. The third-order valence-corrected chi connectivity index (χ3v) is 3.61. The minimum Gasteiger partial charge on any atom is -0.322 e. The van der Waals surface area contributed by atoms with Crippen LogP contribution in [0.15, 0.2) is 39.4 Å². The Morgan fingerprint density at radius 2 is 2.05 bits per heavy atom. The zero-order chi connectivity index (χ0) is 14.0. The number of amides is 1. The van der Waals surface area contributed by atoms with E-state index in [0.29, 0.717) is 14.6 Å². The van der Waals surface area contributed by atoms with Crippen molar-refractivity contribution in [3.63, 3.8) is 0 Å². The van der Waals surface area contributed by atoms with Crippen LogP contribution in [0.5, 0.6) is 0 Å². The van der Waals surface area contributed by atoms with Crippen molar-refractivity contribution in [2.24, 2.45) is 0 Å². The lowest BCUT2D eigenvalue weighted by molar-refractivity contribution is 0.102. The Morgan fingerprint density at radius 3 is 2.74 bits per heavy atom. The minimum absolute atomic E-state index is 0.0817. The number of halogens is 4. The summed E-state index contributed by atoms with van der Waals surface area (Å²) in [6.45, 7) is 0. The summed E-state index contributed by atoms with van der Waals surface area (Å²) >= 11 is 12.1. The fourth-order valence-electron chi connectivity index (χ4n) is 1.35. The van der Waals surface area contributed by atoms with Crippen LogP contribution in [0.1, 0.15) is 10.4 Å². The van der Waals surface area contributed by atoms with Crippen LogP contribution in [0, 0.1) is 5.82 Å². The van der Waals surface area contributed by atoms with Crippen LogP contribution in [-0.2, 0) is 0 Å². The SMILES string of the molecule is O=C(Nc1ccc(Br)c(F)c1)c1cc(Br)cnc1Cl. The zero-order valence-corrected chi connectivity index (χ0v) is 13.2. The molecule has 3 nitrogen and oxygen atoms in total. The first-order valence-corrected chi connectivity index (χ1v) is 7.01. The average Bonchev–Trinajstić information content (AvgIpc) is 2.36. The molecule has 0 fully saturated rings. The third-order valence-electron chi connectivity index (χ3n) is 2.23. The molecule has 1 heterocycles. The van der Waals surface area contributed by atoms with Gasteiger partial charge in [-0.1, -0.05) is 11.6 Å². The Kier molecular flexibility index (Phi) is 4.54. The number of carbonyl (C=O) groups excluding carboxylic acids is 1. The van der Waals surface area contributed by atoms with Gasteiger partial charge in [0.05, 0.1) is 10.0 Å². The third kappa shape index (κ3) is 3.52. The van der Waals surface area contributed by atoms with E-state index in [1.54, 1.807) is 12.1 Å². The normalized spacial score (nSPS) is 10.3. The Labute approximate surface area is 130 Å². The highest BCUT2D eigenvalue weighted by atomic mass is 79.9. The van der Waals surface area contributed by atoms with Gasteiger partial charge in [-0.2, -0.15) is 0 Å². The maximum Gasteiger partial charge on any atom is 0.258 e. The minimum atomic E-state index is -0.462. The molecule has 0 aliphatic heterocycles. The first kappa shape index (κ1) is 14.4. The number of hydrogen-bond donors (Lipinski definition) is 1. The molecular formula is C12H6Br2ClFN2O. The van der Waals surface area contributed by atoms with Crippen molar-refractivity contribution in [3.05, 3.63) is 55.9 Å². The molecule has 2 aromatic rings. The lowest BCUT2D eigenvalue weighted by atomic mass is 10.2. The second-order valence-electron chi connectivity index (χ2n) is 3.57. The second kappa shape index (κ2) is 5.98. The molecule has 0 atom stereocenters. The molecule has 0 bridgehead atoms. The molecule has 2 rings (SSSR count). The van der Waals surface area contributed by atoms with Crippen molar-refractivity contribution < 1.29 is 9.18 Å². The molecule has 1 aromatic carbocycles. The lowest BCUT2D eigenvalue weighted by Crippen LogP contribution is -2.13. The van der Waals surface area contributed by atoms with Gasteiger partial charge in [0.2, 0.25) is 0 Å². The van der Waals surface area contributed by atoms with Gasteiger partial charge >= 0.3 is 0 Å². The number of benzene rings is 1. The quantitative estimate of drug-likeness (QED) is 0.735. The van der Waals surface area contributed by atoms with Gasteiger partial charge in [-0.25, -0.2) is 9.37 Å². The number of anilines is 1. The first-order valence-electron chi connectivity index (χ1n) is 5.05. The van der Waals surface area contributed by atoms with Crippen LogP contribution < -0.4 is 5.32 Å². The van der Waals surface area contributed by atoms with E-state index in [-0.39, 0.29) is 10.7 Å². The summed E-state index contributed by atoms with van der Waals surface area (Å²) < 4.78 is 14.3. The van der Waals surface area contributed by atoms with Crippen LogP contribution in [0.3, 0.4) is 0 Å². The van der Waals surface area contributed by atoms with Gasteiger partial charge in [0.25, 0.3) is 5.91 Å². The van der Waals surface area contributed by atoms with Gasteiger partial charge in [-0.3, -0.25) is 4.79 Å². The van der Waals surface area contributed by atoms with Crippen LogP contribution in [0.2, 0.25) is 5.15 Å². The van der Waals surface area contributed by atoms with Gasteiger partial charge in [0, 0.05) is 16.4 Å². The Morgan fingerprint density at radius 1 is 1.32 bits per heavy atom. The fourth-order valence-corrected chi connectivity index (χ4v) is 2.12.